The van der Waals surface area contributed by atoms with Crippen LogP contribution in [0.25, 0.3) is 0 Å². The van der Waals surface area contributed by atoms with Crippen LogP contribution >= 0.6 is 0 Å². The van der Waals surface area contributed by atoms with E-state index in [1.54, 1.807) is 4.68 Å². The van der Waals surface area contributed by atoms with Crippen LogP contribution in [0.4, 0.5) is 0 Å². The molecule has 1 aromatic heterocycles. The summed E-state index contributed by atoms with van der Waals surface area (Å²) in [5, 5.41) is 7.73. The first kappa shape index (κ1) is 16.0. The zero-order valence-electron chi connectivity index (χ0n) is 13.9. The second kappa shape index (κ2) is 6.18. The van der Waals surface area contributed by atoms with Crippen LogP contribution in [0.1, 0.15) is 49.8 Å². The van der Waals surface area contributed by atoms with E-state index in [4.69, 9.17) is 0 Å². The molecule has 0 aromatic carbocycles. The standard InChI is InChI=1S/C16H28N4O/c1-16(2,3)14-9-13(19(5)18-14)15(21)20-8-6-7-12(11-20)10-17-4/h9,12,17H,6-8,10-11H2,1-5H3. The molecule has 1 aliphatic heterocycles. The van der Waals surface area contributed by atoms with Gasteiger partial charge in [-0.15, -0.1) is 0 Å². The number of rotatable bonds is 3. The highest BCUT2D eigenvalue weighted by Crippen LogP contribution is 2.23. The summed E-state index contributed by atoms with van der Waals surface area (Å²) in [6.45, 7) is 9.03. The zero-order valence-corrected chi connectivity index (χ0v) is 13.9. The third kappa shape index (κ3) is 3.64. The lowest BCUT2D eigenvalue weighted by atomic mass is 9.92. The lowest BCUT2D eigenvalue weighted by Gasteiger charge is -2.32. The first-order valence-corrected chi connectivity index (χ1v) is 7.81. The minimum atomic E-state index is -0.0349. The highest BCUT2D eigenvalue weighted by Gasteiger charge is 2.28. The molecule has 2 rings (SSSR count). The van der Waals surface area contributed by atoms with E-state index in [0.717, 1.165) is 31.7 Å². The molecule has 2 heterocycles. The highest BCUT2D eigenvalue weighted by molar-refractivity contribution is 5.92. The normalized spacial score (nSPS) is 19.9. The number of hydrogen-bond donors (Lipinski definition) is 1. The van der Waals surface area contributed by atoms with Gasteiger partial charge in [-0.25, -0.2) is 0 Å². The summed E-state index contributed by atoms with van der Waals surface area (Å²) in [6.07, 6.45) is 2.28. The van der Waals surface area contributed by atoms with Crippen molar-refractivity contribution in [2.75, 3.05) is 26.7 Å². The predicted molar refractivity (Wildman–Crippen MR) is 84.5 cm³/mol. The molecule has 1 unspecified atom stereocenters. The number of likely N-dealkylation sites (tertiary alicyclic amines) is 1. The molecule has 5 heteroatoms. The SMILES string of the molecule is CNCC1CCCN(C(=O)c2cc(C(C)(C)C)nn2C)C1. The number of hydrogen-bond acceptors (Lipinski definition) is 3. The van der Waals surface area contributed by atoms with Crippen molar-refractivity contribution in [2.24, 2.45) is 13.0 Å². The highest BCUT2D eigenvalue weighted by atomic mass is 16.2. The largest absolute Gasteiger partial charge is 0.337 e. The molecule has 1 aliphatic rings. The van der Waals surface area contributed by atoms with Crippen LogP contribution < -0.4 is 5.32 Å². The van der Waals surface area contributed by atoms with Crippen LogP contribution in [0.5, 0.6) is 0 Å². The Bertz CT molecular complexity index is 499. The Morgan fingerprint density at radius 3 is 2.76 bits per heavy atom. The molecular weight excluding hydrogens is 264 g/mol. The molecule has 0 aliphatic carbocycles. The van der Waals surface area contributed by atoms with E-state index in [9.17, 15) is 4.79 Å². The number of aryl methyl sites for hydroxylation is 1. The molecule has 1 N–H and O–H groups in total. The van der Waals surface area contributed by atoms with Gasteiger partial charge < -0.3 is 10.2 Å². The van der Waals surface area contributed by atoms with Gasteiger partial charge in [-0.2, -0.15) is 5.10 Å². The van der Waals surface area contributed by atoms with E-state index in [1.165, 1.54) is 6.42 Å². The van der Waals surface area contributed by atoms with Crippen molar-refractivity contribution >= 4 is 5.91 Å². The summed E-state index contributed by atoms with van der Waals surface area (Å²) in [5.41, 5.74) is 1.63. The summed E-state index contributed by atoms with van der Waals surface area (Å²) in [4.78, 5) is 14.7. The van der Waals surface area contributed by atoms with Crippen LogP contribution in [0.3, 0.4) is 0 Å². The van der Waals surface area contributed by atoms with Gasteiger partial charge in [0.25, 0.3) is 5.91 Å². The maximum absolute atomic E-state index is 12.8. The fourth-order valence-electron chi connectivity index (χ4n) is 2.90. The number of aromatic nitrogens is 2. The molecule has 1 atom stereocenters. The summed E-state index contributed by atoms with van der Waals surface area (Å²) in [7, 11) is 3.83. The zero-order chi connectivity index (χ0) is 15.6. The van der Waals surface area contributed by atoms with Crippen LogP contribution in [-0.2, 0) is 12.5 Å². The number of piperidine rings is 1. The maximum atomic E-state index is 12.8. The van der Waals surface area contributed by atoms with Crippen LogP contribution in [0.15, 0.2) is 6.07 Å². The van der Waals surface area contributed by atoms with E-state index < -0.39 is 0 Å². The fourth-order valence-corrected chi connectivity index (χ4v) is 2.90. The summed E-state index contributed by atoms with van der Waals surface area (Å²) in [6, 6.07) is 1.95. The smallest absolute Gasteiger partial charge is 0.272 e. The van der Waals surface area contributed by atoms with Crippen molar-refractivity contribution in [3.8, 4) is 0 Å². The molecule has 0 saturated carbocycles. The molecule has 1 saturated heterocycles. The topological polar surface area (TPSA) is 50.2 Å². The first-order chi connectivity index (χ1) is 9.82. The van der Waals surface area contributed by atoms with E-state index in [2.05, 4.69) is 31.2 Å². The quantitative estimate of drug-likeness (QED) is 0.924. The Balaban J connectivity index is 2.14. The molecule has 21 heavy (non-hydrogen) atoms. The lowest BCUT2D eigenvalue weighted by Crippen LogP contribution is -2.43. The lowest BCUT2D eigenvalue weighted by molar-refractivity contribution is 0.0663. The van der Waals surface area contributed by atoms with Crippen molar-refractivity contribution in [3.05, 3.63) is 17.5 Å². The second-order valence-corrected chi connectivity index (χ2v) is 7.11. The molecule has 0 bridgehead atoms. The average Bonchev–Trinajstić information content (AvgIpc) is 2.81. The van der Waals surface area contributed by atoms with Crippen molar-refractivity contribution in [3.63, 3.8) is 0 Å². The number of nitrogens with one attached hydrogen (secondary N) is 1. The number of carbonyl (C=O) groups is 1. The Morgan fingerprint density at radius 1 is 1.48 bits per heavy atom. The van der Waals surface area contributed by atoms with Gasteiger partial charge in [-0.1, -0.05) is 20.8 Å². The third-order valence-corrected chi connectivity index (χ3v) is 4.17. The molecule has 5 nitrogen and oxygen atoms in total. The molecule has 1 aromatic rings. The summed E-state index contributed by atoms with van der Waals surface area (Å²) in [5.74, 6) is 0.671. The molecule has 0 spiro atoms. The first-order valence-electron chi connectivity index (χ1n) is 7.81. The summed E-state index contributed by atoms with van der Waals surface area (Å²) < 4.78 is 1.73. The van der Waals surface area contributed by atoms with Crippen LogP contribution in [0, 0.1) is 5.92 Å². The Kier molecular flexibility index (Phi) is 4.71. The average molecular weight is 292 g/mol. The van der Waals surface area contributed by atoms with Crippen LogP contribution in [-0.4, -0.2) is 47.3 Å². The third-order valence-electron chi connectivity index (χ3n) is 4.17. The van der Waals surface area contributed by atoms with E-state index in [1.807, 2.05) is 25.1 Å². The van der Waals surface area contributed by atoms with Gasteiger partial charge in [0.15, 0.2) is 0 Å². The van der Waals surface area contributed by atoms with E-state index in [0.29, 0.717) is 11.6 Å². The van der Waals surface area contributed by atoms with Crippen LogP contribution in [0.2, 0.25) is 0 Å². The Hall–Kier alpha value is -1.36. The number of nitrogens with zero attached hydrogens (tertiary/aromatic N) is 3. The van der Waals surface area contributed by atoms with E-state index >= 15 is 0 Å². The molecule has 1 fully saturated rings. The minimum Gasteiger partial charge on any atom is -0.337 e. The molecule has 1 amide bonds. The molecular formula is C16H28N4O. The minimum absolute atomic E-state index is 0.0349. The summed E-state index contributed by atoms with van der Waals surface area (Å²) >= 11 is 0. The predicted octanol–water partition coefficient (Wildman–Crippen LogP) is 1.79. The van der Waals surface area contributed by atoms with Gasteiger partial charge in [0, 0.05) is 25.6 Å². The van der Waals surface area contributed by atoms with Gasteiger partial charge in [0.05, 0.1) is 5.69 Å². The maximum Gasteiger partial charge on any atom is 0.272 e. The van der Waals surface area contributed by atoms with Crippen molar-refractivity contribution in [1.29, 1.82) is 0 Å². The van der Waals surface area contributed by atoms with Crippen molar-refractivity contribution < 1.29 is 4.79 Å². The van der Waals surface area contributed by atoms with E-state index in [-0.39, 0.29) is 11.3 Å². The van der Waals surface area contributed by atoms with Crippen molar-refractivity contribution in [2.45, 2.75) is 39.0 Å². The second-order valence-electron chi connectivity index (χ2n) is 7.11. The number of carbonyl (C=O) groups excluding carboxylic acids is 1. The molecule has 118 valence electrons. The van der Waals surface area contributed by atoms with Gasteiger partial charge in [0.1, 0.15) is 5.69 Å². The Morgan fingerprint density at radius 2 is 2.19 bits per heavy atom. The van der Waals surface area contributed by atoms with Gasteiger partial charge in [0.2, 0.25) is 0 Å². The number of amides is 1. The van der Waals surface area contributed by atoms with Gasteiger partial charge >= 0.3 is 0 Å². The molecule has 0 radical (unpaired) electrons. The van der Waals surface area contributed by atoms with Crippen molar-refractivity contribution in [1.82, 2.24) is 20.0 Å². The van der Waals surface area contributed by atoms with Gasteiger partial charge in [-0.3, -0.25) is 9.48 Å². The van der Waals surface area contributed by atoms with Gasteiger partial charge in [-0.05, 0) is 38.4 Å². The monoisotopic (exact) mass is 292 g/mol. The Labute approximate surface area is 127 Å². The fraction of sp³-hybridized carbons (Fsp3) is 0.750.